The van der Waals surface area contributed by atoms with E-state index in [1.807, 2.05) is 0 Å². The Bertz CT molecular complexity index is 2030. The summed E-state index contributed by atoms with van der Waals surface area (Å²) in [6, 6.07) is 1.60. The lowest BCUT2D eigenvalue weighted by Gasteiger charge is -2.33. The number of phosphoric acid groups is 1. The fourth-order valence-electron chi connectivity index (χ4n) is 6.03. The Morgan fingerprint density at radius 3 is 2.65 bits per heavy atom. The topological polar surface area (TPSA) is 248 Å². The van der Waals surface area contributed by atoms with Crippen LogP contribution in [0.1, 0.15) is 12.5 Å². The van der Waals surface area contributed by atoms with Gasteiger partial charge >= 0.3 is 7.82 Å². The molecule has 46 heavy (non-hydrogen) atoms. The molecular formula is C22H24FN9O10P2S2. The molecule has 4 aromatic heterocycles. The average molecular weight is 720 g/mol. The summed E-state index contributed by atoms with van der Waals surface area (Å²) in [6.45, 7) is -1.26. The molecule has 0 radical (unpaired) electrons. The molecule has 246 valence electrons. The van der Waals surface area contributed by atoms with Crippen LogP contribution in [-0.2, 0) is 48.7 Å². The van der Waals surface area contributed by atoms with Crippen LogP contribution in [0, 0.1) is 0 Å². The number of nitrogens with one attached hydrogen (secondary N) is 1. The molecule has 0 aromatic carbocycles. The number of nitrogens with zero attached hydrogens (tertiary/aromatic N) is 6. The first kappa shape index (κ1) is 30.7. The molecule has 24 heteroatoms. The van der Waals surface area contributed by atoms with Gasteiger partial charge in [0.1, 0.15) is 35.5 Å². The average Bonchev–Trinajstić information content (AvgIpc) is 3.80. The number of hydrogen-bond acceptors (Lipinski definition) is 16. The third-order valence-electron chi connectivity index (χ3n) is 8.10. The molecule has 8 rings (SSSR count). The number of pyridine rings is 1. The number of ether oxygens (including phenoxy) is 3. The second-order valence-electron chi connectivity index (χ2n) is 11.0. The van der Waals surface area contributed by atoms with Crippen LogP contribution in [0.2, 0.25) is 0 Å². The van der Waals surface area contributed by atoms with Gasteiger partial charge in [-0.25, -0.2) is 23.9 Å². The van der Waals surface area contributed by atoms with E-state index in [0.29, 0.717) is 16.9 Å². The fraction of sp³-hybridized carbons (Fsp3) is 0.500. The summed E-state index contributed by atoms with van der Waals surface area (Å²) in [6.07, 6.45) is -5.41. The molecule has 0 saturated carbocycles. The van der Waals surface area contributed by atoms with Crippen LogP contribution in [0.25, 0.3) is 22.3 Å². The summed E-state index contributed by atoms with van der Waals surface area (Å²) < 4.78 is 73.3. The molecule has 0 amide bonds. The van der Waals surface area contributed by atoms with Gasteiger partial charge in [0.15, 0.2) is 35.4 Å². The predicted octanol–water partition coefficient (Wildman–Crippen LogP) is 0.703. The quantitative estimate of drug-likeness (QED) is 0.141. The minimum atomic E-state index is -5.08. The minimum absolute atomic E-state index is 0.0874. The van der Waals surface area contributed by atoms with Crippen molar-refractivity contribution in [3.8, 4) is 0 Å². The van der Waals surface area contributed by atoms with E-state index in [9.17, 15) is 14.3 Å². The highest BCUT2D eigenvalue weighted by Crippen LogP contribution is 2.62. The van der Waals surface area contributed by atoms with Crippen LogP contribution in [0.5, 0.6) is 0 Å². The van der Waals surface area contributed by atoms with Crippen LogP contribution in [0.4, 0.5) is 16.0 Å². The number of H-pyrrole nitrogens is 1. The van der Waals surface area contributed by atoms with Gasteiger partial charge < -0.3 is 39.6 Å². The Morgan fingerprint density at radius 1 is 1.09 bits per heavy atom. The third-order valence-corrected chi connectivity index (χ3v) is 11.2. The van der Waals surface area contributed by atoms with E-state index >= 15 is 4.39 Å². The molecule has 4 saturated heterocycles. The van der Waals surface area contributed by atoms with Crippen LogP contribution in [0.15, 0.2) is 29.7 Å². The molecule has 4 aromatic rings. The lowest BCUT2D eigenvalue weighted by Crippen LogP contribution is -2.45. The molecule has 10 atom stereocenters. The van der Waals surface area contributed by atoms with Gasteiger partial charge in [0.2, 0.25) is 11.6 Å². The number of alkyl halides is 1. The maximum absolute atomic E-state index is 15.9. The maximum atomic E-state index is 15.9. The van der Waals surface area contributed by atoms with Gasteiger partial charge in [-0.3, -0.25) is 28.0 Å². The number of aromatic nitrogens is 7. The van der Waals surface area contributed by atoms with Gasteiger partial charge in [-0.15, -0.1) is 0 Å². The lowest BCUT2D eigenvalue weighted by molar-refractivity contribution is -0.184. The van der Waals surface area contributed by atoms with Crippen LogP contribution >= 0.6 is 25.8 Å². The van der Waals surface area contributed by atoms with E-state index in [4.69, 9.17) is 55.6 Å². The highest BCUT2D eigenvalue weighted by molar-refractivity contribution is 8.60. The number of nitrogen functional groups attached to an aromatic ring is 2. The van der Waals surface area contributed by atoms with Gasteiger partial charge in [-0.2, -0.15) is 4.98 Å². The number of phosphoric ester groups is 1. The number of fused-ring (bicyclic) bond motifs is 4. The van der Waals surface area contributed by atoms with Crippen molar-refractivity contribution in [3.05, 3.63) is 35.3 Å². The van der Waals surface area contributed by atoms with Crippen molar-refractivity contribution in [2.45, 2.75) is 48.6 Å². The largest absolute Gasteiger partial charge is 0.472 e. The number of nitrogens with two attached hydrogens (primary N) is 2. The third kappa shape index (κ3) is 4.91. The first-order chi connectivity index (χ1) is 21.8. The van der Waals surface area contributed by atoms with Crippen molar-refractivity contribution in [3.63, 3.8) is 0 Å². The van der Waals surface area contributed by atoms with E-state index in [0.717, 1.165) is 10.9 Å². The molecule has 4 bridgehead atoms. The number of halogens is 1. The normalized spacial score (nSPS) is 39.7. The van der Waals surface area contributed by atoms with E-state index < -0.39 is 80.9 Å². The molecule has 8 heterocycles. The van der Waals surface area contributed by atoms with Crippen molar-refractivity contribution in [1.82, 2.24) is 34.1 Å². The number of hydrogen-bond donors (Lipinski definition) is 5. The monoisotopic (exact) mass is 719 g/mol. The Kier molecular flexibility index (Phi) is 7.15. The van der Waals surface area contributed by atoms with Crippen LogP contribution < -0.4 is 17.0 Å². The second-order valence-corrected chi connectivity index (χ2v) is 17.6. The maximum Gasteiger partial charge on any atom is 0.472 e. The molecule has 0 aliphatic carbocycles. The van der Waals surface area contributed by atoms with Crippen molar-refractivity contribution in [2.75, 3.05) is 31.3 Å². The Balaban J connectivity index is 1.14. The fourth-order valence-corrected chi connectivity index (χ4v) is 8.96. The number of anilines is 2. The second kappa shape index (κ2) is 10.7. The molecule has 6 N–H and O–H groups in total. The first-order valence-corrected chi connectivity index (χ1v) is 18.8. The number of imidazole rings is 2. The zero-order chi connectivity index (χ0) is 32.2. The lowest BCUT2D eigenvalue weighted by atomic mass is 10.0. The van der Waals surface area contributed by atoms with Crippen molar-refractivity contribution in [2.24, 2.45) is 0 Å². The predicted molar refractivity (Wildman–Crippen MR) is 161 cm³/mol. The molecule has 2 unspecified atom stereocenters. The first-order valence-electron chi connectivity index (χ1n) is 13.5. The number of rotatable bonds is 2. The summed E-state index contributed by atoms with van der Waals surface area (Å²) in [5.74, 6) is -0.249. The van der Waals surface area contributed by atoms with Crippen LogP contribution in [0.3, 0.4) is 0 Å². The summed E-state index contributed by atoms with van der Waals surface area (Å²) in [7, 11) is -5.08. The van der Waals surface area contributed by atoms with Gasteiger partial charge in [0.05, 0.1) is 38.2 Å². The van der Waals surface area contributed by atoms with E-state index in [-0.39, 0.29) is 23.7 Å². The van der Waals surface area contributed by atoms with Gasteiger partial charge in [0.25, 0.3) is 5.56 Å². The minimum Gasteiger partial charge on any atom is -0.397 e. The number of aromatic amines is 1. The highest BCUT2D eigenvalue weighted by atomic mass is 32.9. The Morgan fingerprint density at radius 2 is 1.85 bits per heavy atom. The zero-order valence-electron chi connectivity index (χ0n) is 23.1. The zero-order valence-corrected chi connectivity index (χ0v) is 26.6. The summed E-state index contributed by atoms with van der Waals surface area (Å²) in [4.78, 5) is 42.3. The van der Waals surface area contributed by atoms with E-state index in [2.05, 4.69) is 37.2 Å². The molecular weight excluding hydrogens is 695 g/mol. The summed E-state index contributed by atoms with van der Waals surface area (Å²) in [5, 5.41) is 0. The van der Waals surface area contributed by atoms with E-state index in [1.54, 1.807) is 10.6 Å². The highest BCUT2D eigenvalue weighted by Gasteiger charge is 2.65. The van der Waals surface area contributed by atoms with Crippen LogP contribution in [-0.4, -0.2) is 95.0 Å². The van der Waals surface area contributed by atoms with Crippen molar-refractivity contribution >= 4 is 71.5 Å². The SMILES string of the molecule is Nc1nc2c(ncn2[C@@H]2O[C@@H]3COP(=S)(S)O[C@H]4[C@H]5OC[C@]4(COP(=O)(O)O[C@@H]2[C@H]3F)O[C@H]5n2cnc3c(N)ccnc32)c(=O)[nH]1. The van der Waals surface area contributed by atoms with Gasteiger partial charge in [-0.1, -0.05) is 12.2 Å². The molecule has 0 spiro atoms. The summed E-state index contributed by atoms with van der Waals surface area (Å²) >= 11 is 10.1. The van der Waals surface area contributed by atoms with Gasteiger partial charge in [0, 0.05) is 6.20 Å². The number of thiol groups is 1. The van der Waals surface area contributed by atoms with Crippen molar-refractivity contribution < 1.29 is 46.2 Å². The van der Waals surface area contributed by atoms with Crippen molar-refractivity contribution in [1.29, 1.82) is 0 Å². The smallest absolute Gasteiger partial charge is 0.397 e. The van der Waals surface area contributed by atoms with Gasteiger partial charge in [-0.05, 0) is 17.9 Å². The molecule has 4 aliphatic heterocycles. The summed E-state index contributed by atoms with van der Waals surface area (Å²) in [5.41, 5.74) is 7.04. The molecule has 4 fully saturated rings. The molecule has 19 nitrogen and oxygen atoms in total. The molecule has 4 aliphatic rings. The Hall–Kier alpha value is -2.59. The van der Waals surface area contributed by atoms with E-state index in [1.165, 1.54) is 12.5 Å². The Labute approximate surface area is 266 Å². The standard InChI is InChI=1S/C22H24FN9O10P2S2/c23-10-9-3-37-44(45,46)42-15-14-20(31-6-27-11-8(24)1-2-26-16(11)31)40-22(15,4-36-14)5-38-43(34,35)41-13(10)19(39-9)32-7-28-12-17(32)29-21(25)30-18(12)33/h1-2,6-7,9-10,13-15,19-20H,3-5H2,(H2,24,26)(H,34,35)(H,45,46)(H3,25,29,30,33)/t9-,10+,13-,14-,15+,19-,20-,22-/m1/s1.